The molecule has 2 aromatic rings. The first-order chi connectivity index (χ1) is 9.58. The van der Waals surface area contributed by atoms with E-state index >= 15 is 0 Å². The van der Waals surface area contributed by atoms with Gasteiger partial charge in [0.25, 0.3) is 0 Å². The van der Waals surface area contributed by atoms with Crippen LogP contribution in [-0.2, 0) is 0 Å². The smallest absolute Gasteiger partial charge is 0.127 e. The maximum absolute atomic E-state index is 6.33. The van der Waals surface area contributed by atoms with Crippen LogP contribution in [0.2, 0.25) is 10.0 Å². The molecule has 0 heterocycles. The maximum atomic E-state index is 6.33. The molecule has 0 radical (unpaired) electrons. The standard InChI is InChI=1S/C15H15Cl2NO2/c1-19-12-4-3-5-13(20-2)14(12)15(18)10-7-6-9(16)8-11(10)17/h3-8,15H,18H2,1-2H3. The third-order valence-corrected chi connectivity index (χ3v) is 3.64. The Balaban J connectivity index is 2.55. The van der Waals surface area contributed by atoms with Crippen LogP contribution in [0.15, 0.2) is 36.4 Å². The number of benzene rings is 2. The van der Waals surface area contributed by atoms with E-state index in [2.05, 4.69) is 0 Å². The van der Waals surface area contributed by atoms with Crippen molar-refractivity contribution < 1.29 is 9.47 Å². The molecule has 0 saturated heterocycles. The highest BCUT2D eigenvalue weighted by molar-refractivity contribution is 6.35. The second-order valence-corrected chi connectivity index (χ2v) is 5.06. The number of nitrogens with two attached hydrogens (primary N) is 1. The summed E-state index contributed by atoms with van der Waals surface area (Å²) in [6.07, 6.45) is 0. The molecule has 1 unspecified atom stereocenters. The zero-order valence-electron chi connectivity index (χ0n) is 11.2. The molecule has 0 aliphatic heterocycles. The van der Waals surface area contributed by atoms with E-state index in [1.807, 2.05) is 18.2 Å². The van der Waals surface area contributed by atoms with Gasteiger partial charge in [-0.25, -0.2) is 0 Å². The Morgan fingerprint density at radius 1 is 1.00 bits per heavy atom. The average molecular weight is 312 g/mol. The molecular formula is C15H15Cl2NO2. The average Bonchev–Trinajstić information content (AvgIpc) is 2.45. The molecule has 0 aliphatic carbocycles. The van der Waals surface area contributed by atoms with Gasteiger partial charge in [0, 0.05) is 10.0 Å². The second kappa shape index (κ2) is 6.35. The normalized spacial score (nSPS) is 12.1. The van der Waals surface area contributed by atoms with Crippen LogP contribution in [0.1, 0.15) is 17.2 Å². The minimum Gasteiger partial charge on any atom is -0.496 e. The van der Waals surface area contributed by atoms with Gasteiger partial charge in [-0.05, 0) is 29.8 Å². The Labute approximate surface area is 128 Å². The lowest BCUT2D eigenvalue weighted by Gasteiger charge is -2.20. The van der Waals surface area contributed by atoms with Crippen molar-refractivity contribution in [3.05, 3.63) is 57.6 Å². The quantitative estimate of drug-likeness (QED) is 0.926. The van der Waals surface area contributed by atoms with Crippen molar-refractivity contribution in [2.24, 2.45) is 5.73 Å². The SMILES string of the molecule is COc1cccc(OC)c1C(N)c1ccc(Cl)cc1Cl. The Morgan fingerprint density at radius 2 is 1.60 bits per heavy atom. The van der Waals surface area contributed by atoms with Crippen molar-refractivity contribution in [2.75, 3.05) is 14.2 Å². The van der Waals surface area contributed by atoms with Crippen molar-refractivity contribution in [1.29, 1.82) is 0 Å². The third kappa shape index (κ3) is 2.85. The Morgan fingerprint density at radius 3 is 2.10 bits per heavy atom. The lowest BCUT2D eigenvalue weighted by molar-refractivity contribution is 0.382. The van der Waals surface area contributed by atoms with Gasteiger partial charge in [0.15, 0.2) is 0 Å². The maximum Gasteiger partial charge on any atom is 0.127 e. The Bertz CT molecular complexity index is 595. The van der Waals surface area contributed by atoms with Crippen molar-refractivity contribution >= 4 is 23.2 Å². The van der Waals surface area contributed by atoms with E-state index < -0.39 is 6.04 Å². The molecule has 106 valence electrons. The van der Waals surface area contributed by atoms with Gasteiger partial charge >= 0.3 is 0 Å². The number of methoxy groups -OCH3 is 2. The summed E-state index contributed by atoms with van der Waals surface area (Å²) in [6, 6.07) is 10.3. The topological polar surface area (TPSA) is 44.5 Å². The lowest BCUT2D eigenvalue weighted by atomic mass is 9.97. The van der Waals surface area contributed by atoms with E-state index in [0.717, 1.165) is 11.1 Å². The van der Waals surface area contributed by atoms with Crippen LogP contribution in [0.3, 0.4) is 0 Å². The molecule has 5 heteroatoms. The minimum atomic E-state index is -0.467. The fourth-order valence-electron chi connectivity index (χ4n) is 2.10. The highest BCUT2D eigenvalue weighted by Gasteiger charge is 2.21. The summed E-state index contributed by atoms with van der Waals surface area (Å²) in [7, 11) is 3.18. The van der Waals surface area contributed by atoms with Gasteiger partial charge in [-0.15, -0.1) is 0 Å². The summed E-state index contributed by atoms with van der Waals surface area (Å²) < 4.78 is 10.7. The Kier molecular flexibility index (Phi) is 4.76. The summed E-state index contributed by atoms with van der Waals surface area (Å²) in [5.41, 5.74) is 7.85. The van der Waals surface area contributed by atoms with Crippen LogP contribution in [0.25, 0.3) is 0 Å². The van der Waals surface area contributed by atoms with Gasteiger partial charge in [-0.3, -0.25) is 0 Å². The summed E-state index contributed by atoms with van der Waals surface area (Å²) in [6.45, 7) is 0. The van der Waals surface area contributed by atoms with Crippen molar-refractivity contribution in [1.82, 2.24) is 0 Å². The van der Waals surface area contributed by atoms with E-state index in [-0.39, 0.29) is 0 Å². The first-order valence-electron chi connectivity index (χ1n) is 6.00. The molecule has 0 saturated carbocycles. The highest BCUT2D eigenvalue weighted by Crippen LogP contribution is 2.38. The van der Waals surface area contributed by atoms with Crippen molar-refractivity contribution in [3.63, 3.8) is 0 Å². The largest absolute Gasteiger partial charge is 0.496 e. The van der Waals surface area contributed by atoms with Gasteiger partial charge in [0.05, 0.1) is 25.8 Å². The summed E-state index contributed by atoms with van der Waals surface area (Å²) >= 11 is 12.1. The molecular weight excluding hydrogens is 297 g/mol. The van der Waals surface area contributed by atoms with Gasteiger partial charge < -0.3 is 15.2 Å². The molecule has 2 N–H and O–H groups in total. The van der Waals surface area contributed by atoms with Crippen LogP contribution in [0.5, 0.6) is 11.5 Å². The van der Waals surface area contributed by atoms with Gasteiger partial charge in [0.2, 0.25) is 0 Å². The monoisotopic (exact) mass is 311 g/mol. The van der Waals surface area contributed by atoms with Gasteiger partial charge in [0.1, 0.15) is 11.5 Å². The number of ether oxygens (including phenoxy) is 2. The summed E-state index contributed by atoms with van der Waals surface area (Å²) in [4.78, 5) is 0. The van der Waals surface area contributed by atoms with Crippen molar-refractivity contribution in [2.45, 2.75) is 6.04 Å². The number of hydrogen-bond acceptors (Lipinski definition) is 3. The highest BCUT2D eigenvalue weighted by atomic mass is 35.5. The third-order valence-electron chi connectivity index (χ3n) is 3.07. The molecule has 0 bridgehead atoms. The molecule has 1 atom stereocenters. The number of halogens is 2. The molecule has 0 spiro atoms. The number of rotatable bonds is 4. The molecule has 0 amide bonds. The van der Waals surface area contributed by atoms with Crippen LogP contribution in [0, 0.1) is 0 Å². The minimum absolute atomic E-state index is 0.467. The molecule has 0 aliphatic rings. The fraction of sp³-hybridized carbons (Fsp3) is 0.200. The van der Waals surface area contributed by atoms with E-state index in [0.29, 0.717) is 21.5 Å². The molecule has 0 aromatic heterocycles. The predicted molar refractivity (Wildman–Crippen MR) is 82.0 cm³/mol. The summed E-state index contributed by atoms with van der Waals surface area (Å²) in [5.74, 6) is 1.31. The molecule has 0 fully saturated rings. The van der Waals surface area contributed by atoms with Crippen LogP contribution < -0.4 is 15.2 Å². The first-order valence-corrected chi connectivity index (χ1v) is 6.75. The van der Waals surface area contributed by atoms with Crippen LogP contribution >= 0.6 is 23.2 Å². The zero-order valence-corrected chi connectivity index (χ0v) is 12.7. The Hall–Kier alpha value is -1.42. The van der Waals surface area contributed by atoms with Gasteiger partial charge in [-0.1, -0.05) is 35.3 Å². The van der Waals surface area contributed by atoms with Crippen LogP contribution in [-0.4, -0.2) is 14.2 Å². The zero-order chi connectivity index (χ0) is 14.7. The molecule has 2 rings (SSSR count). The molecule has 20 heavy (non-hydrogen) atoms. The first kappa shape index (κ1) is 15.0. The van der Waals surface area contributed by atoms with Gasteiger partial charge in [-0.2, -0.15) is 0 Å². The number of hydrogen-bond donors (Lipinski definition) is 1. The molecule has 3 nitrogen and oxygen atoms in total. The van der Waals surface area contributed by atoms with E-state index in [9.17, 15) is 0 Å². The van der Waals surface area contributed by atoms with Crippen molar-refractivity contribution in [3.8, 4) is 11.5 Å². The predicted octanol–water partition coefficient (Wildman–Crippen LogP) is 4.06. The summed E-state index contributed by atoms with van der Waals surface area (Å²) in [5, 5.41) is 1.08. The fourth-order valence-corrected chi connectivity index (χ4v) is 2.62. The van der Waals surface area contributed by atoms with E-state index in [1.165, 1.54) is 0 Å². The second-order valence-electron chi connectivity index (χ2n) is 4.22. The molecule has 2 aromatic carbocycles. The van der Waals surface area contributed by atoms with E-state index in [1.54, 1.807) is 32.4 Å². The lowest BCUT2D eigenvalue weighted by Crippen LogP contribution is -2.15. The van der Waals surface area contributed by atoms with E-state index in [4.69, 9.17) is 38.4 Å². The van der Waals surface area contributed by atoms with Crippen LogP contribution in [0.4, 0.5) is 0 Å².